The minimum Gasteiger partial charge on any atom is -0.319 e. The number of aromatic nitrogens is 1. The van der Waals surface area contributed by atoms with Gasteiger partial charge >= 0.3 is 6.18 Å². The van der Waals surface area contributed by atoms with Crippen molar-refractivity contribution in [2.45, 2.75) is 20.0 Å². The number of anilines is 1. The molecule has 8 heteroatoms. The minimum atomic E-state index is -4.55. The van der Waals surface area contributed by atoms with Gasteiger partial charge in [0.25, 0.3) is 5.91 Å². The van der Waals surface area contributed by atoms with Crippen LogP contribution in [0, 0.1) is 19.7 Å². The average molecular weight is 411 g/mol. The monoisotopic (exact) mass is 410 g/mol. The summed E-state index contributed by atoms with van der Waals surface area (Å²) in [5.41, 5.74) is -0.144. The molecule has 1 N–H and O–H groups in total. The minimum absolute atomic E-state index is 0.0852. The Morgan fingerprint density at radius 2 is 1.75 bits per heavy atom. The fourth-order valence-electron chi connectivity index (χ4n) is 3.05. The normalized spacial score (nSPS) is 11.5. The van der Waals surface area contributed by atoms with Crippen LogP contribution < -0.4 is 5.32 Å². The lowest BCUT2D eigenvalue weighted by Gasteiger charge is -2.17. The molecular weight excluding hydrogens is 396 g/mol. The zero-order valence-corrected chi connectivity index (χ0v) is 15.6. The van der Waals surface area contributed by atoms with E-state index in [9.17, 15) is 22.4 Å². The lowest BCUT2D eigenvalue weighted by Crippen LogP contribution is -2.15. The fourth-order valence-corrected chi connectivity index (χ4v) is 3.23. The van der Waals surface area contributed by atoms with Crippen molar-refractivity contribution in [2.24, 2.45) is 0 Å². The molecule has 3 rings (SSSR count). The molecule has 146 valence electrons. The van der Waals surface area contributed by atoms with Crippen LogP contribution >= 0.6 is 11.6 Å². The number of aryl methyl sites for hydroxylation is 1. The number of hydrogen-bond acceptors (Lipinski definition) is 1. The second-order valence-corrected chi connectivity index (χ2v) is 6.65. The predicted molar refractivity (Wildman–Crippen MR) is 99.6 cm³/mol. The number of benzene rings is 2. The van der Waals surface area contributed by atoms with E-state index in [0.717, 1.165) is 12.1 Å². The number of para-hydroxylation sites is 1. The maximum absolute atomic E-state index is 13.9. The van der Waals surface area contributed by atoms with Gasteiger partial charge in [0.1, 0.15) is 5.82 Å². The quantitative estimate of drug-likeness (QED) is 0.516. The Balaban J connectivity index is 2.04. The van der Waals surface area contributed by atoms with Crippen LogP contribution in [0.5, 0.6) is 0 Å². The highest BCUT2D eigenvalue weighted by Crippen LogP contribution is 2.35. The van der Waals surface area contributed by atoms with Crippen LogP contribution in [0.3, 0.4) is 0 Å². The van der Waals surface area contributed by atoms with Crippen molar-refractivity contribution < 1.29 is 22.4 Å². The summed E-state index contributed by atoms with van der Waals surface area (Å²) >= 11 is 5.82. The molecule has 1 heterocycles. The van der Waals surface area contributed by atoms with Gasteiger partial charge in [0, 0.05) is 16.4 Å². The Morgan fingerprint density at radius 3 is 2.43 bits per heavy atom. The summed E-state index contributed by atoms with van der Waals surface area (Å²) in [6, 6.07) is 10.3. The third-order valence-electron chi connectivity index (χ3n) is 4.30. The van der Waals surface area contributed by atoms with Crippen molar-refractivity contribution in [3.05, 3.63) is 81.9 Å². The second-order valence-electron chi connectivity index (χ2n) is 6.21. The number of carbonyl (C=O) groups excluding carboxylic acids is 1. The molecule has 0 spiro atoms. The maximum atomic E-state index is 13.9. The Morgan fingerprint density at radius 1 is 1.07 bits per heavy atom. The second kappa shape index (κ2) is 7.31. The molecule has 0 fully saturated rings. The average Bonchev–Trinajstić information content (AvgIpc) is 2.92. The molecule has 28 heavy (non-hydrogen) atoms. The van der Waals surface area contributed by atoms with E-state index in [1.807, 2.05) is 0 Å². The van der Waals surface area contributed by atoms with Crippen LogP contribution in [0.2, 0.25) is 5.02 Å². The molecule has 1 aromatic heterocycles. The van der Waals surface area contributed by atoms with Crippen LogP contribution in [0.1, 0.15) is 27.3 Å². The van der Waals surface area contributed by atoms with Gasteiger partial charge in [0.2, 0.25) is 0 Å². The summed E-state index contributed by atoms with van der Waals surface area (Å²) in [6.45, 7) is 3.13. The molecule has 2 aromatic carbocycles. The summed E-state index contributed by atoms with van der Waals surface area (Å²) in [4.78, 5) is 12.6. The molecule has 1 amide bonds. The number of carbonyl (C=O) groups is 1. The number of halogens is 5. The lowest BCUT2D eigenvalue weighted by atomic mass is 10.1. The Hall–Kier alpha value is -2.80. The van der Waals surface area contributed by atoms with Crippen LogP contribution in [0.15, 0.2) is 48.5 Å². The summed E-state index contributed by atoms with van der Waals surface area (Å²) in [7, 11) is 0. The molecule has 0 radical (unpaired) electrons. The Labute approximate surface area is 163 Å². The molecule has 0 saturated heterocycles. The zero-order chi connectivity index (χ0) is 20.6. The van der Waals surface area contributed by atoms with E-state index in [2.05, 4.69) is 5.32 Å². The maximum Gasteiger partial charge on any atom is 0.418 e. The first-order chi connectivity index (χ1) is 13.1. The third-order valence-corrected chi connectivity index (χ3v) is 4.54. The molecule has 0 saturated carbocycles. The van der Waals surface area contributed by atoms with Crippen molar-refractivity contribution in [2.75, 3.05) is 5.32 Å². The number of nitrogens with zero attached hydrogens (tertiary/aromatic N) is 1. The highest BCUT2D eigenvalue weighted by Gasteiger charge is 2.34. The van der Waals surface area contributed by atoms with Gasteiger partial charge in [-0.15, -0.1) is 0 Å². The summed E-state index contributed by atoms with van der Waals surface area (Å²) < 4.78 is 55.4. The van der Waals surface area contributed by atoms with Gasteiger partial charge in [0.05, 0.1) is 22.5 Å². The molecule has 3 nitrogen and oxygen atoms in total. The number of hydrogen-bond donors (Lipinski definition) is 1. The fraction of sp³-hybridized carbons (Fsp3) is 0.150. The molecular formula is C20H15ClF4N2O. The van der Waals surface area contributed by atoms with Crippen molar-refractivity contribution in [1.82, 2.24) is 4.57 Å². The van der Waals surface area contributed by atoms with Crippen LogP contribution in [-0.4, -0.2) is 10.5 Å². The standard InChI is InChI=1S/C20H15ClF4N2O/c1-11-9-14(19(28)26-17-10-13(21)7-8-16(17)22)12(2)27(11)18-6-4-3-5-15(18)20(23,24)25/h3-10H,1-2H3,(H,26,28). The van der Waals surface area contributed by atoms with Crippen LogP contribution in [-0.2, 0) is 6.18 Å². The largest absolute Gasteiger partial charge is 0.418 e. The molecule has 3 aromatic rings. The van der Waals surface area contributed by atoms with Gasteiger partial charge in [-0.05, 0) is 50.2 Å². The summed E-state index contributed by atoms with van der Waals surface area (Å²) in [5.74, 6) is -1.32. The van der Waals surface area contributed by atoms with E-state index in [-0.39, 0.29) is 22.0 Å². The predicted octanol–water partition coefficient (Wildman–Crippen LogP) is 6.16. The van der Waals surface area contributed by atoms with E-state index in [0.29, 0.717) is 11.4 Å². The number of nitrogens with one attached hydrogen (secondary N) is 1. The van der Waals surface area contributed by atoms with Gasteiger partial charge in [0.15, 0.2) is 0 Å². The van der Waals surface area contributed by atoms with Gasteiger partial charge in [-0.25, -0.2) is 4.39 Å². The van der Waals surface area contributed by atoms with Gasteiger partial charge in [-0.2, -0.15) is 13.2 Å². The van der Waals surface area contributed by atoms with Crippen molar-refractivity contribution in [3.8, 4) is 5.69 Å². The van der Waals surface area contributed by atoms with Crippen LogP contribution in [0.25, 0.3) is 5.69 Å². The SMILES string of the molecule is Cc1cc(C(=O)Nc2cc(Cl)ccc2F)c(C)n1-c1ccccc1C(F)(F)F. The summed E-state index contributed by atoms with van der Waals surface area (Å²) in [6.07, 6.45) is -4.55. The van der Waals surface area contributed by atoms with Gasteiger partial charge < -0.3 is 9.88 Å². The number of rotatable bonds is 3. The topological polar surface area (TPSA) is 34.0 Å². The Bertz CT molecular complexity index is 1060. The number of amides is 1. The molecule has 0 aliphatic rings. The van der Waals surface area contributed by atoms with Crippen molar-refractivity contribution in [1.29, 1.82) is 0 Å². The summed E-state index contributed by atoms with van der Waals surface area (Å²) in [5, 5.41) is 2.65. The first-order valence-electron chi connectivity index (χ1n) is 8.21. The molecule has 0 bridgehead atoms. The first kappa shape index (κ1) is 19.9. The van der Waals surface area contributed by atoms with Gasteiger partial charge in [-0.1, -0.05) is 23.7 Å². The van der Waals surface area contributed by atoms with Gasteiger partial charge in [-0.3, -0.25) is 4.79 Å². The van der Waals surface area contributed by atoms with E-state index < -0.39 is 23.5 Å². The number of alkyl halides is 3. The molecule has 0 unspecified atom stereocenters. The smallest absolute Gasteiger partial charge is 0.319 e. The third kappa shape index (κ3) is 3.75. The first-order valence-corrected chi connectivity index (χ1v) is 8.59. The van der Waals surface area contributed by atoms with E-state index in [1.165, 1.54) is 47.9 Å². The Kier molecular flexibility index (Phi) is 5.21. The lowest BCUT2D eigenvalue weighted by molar-refractivity contribution is -0.137. The van der Waals surface area contributed by atoms with Crippen molar-refractivity contribution in [3.63, 3.8) is 0 Å². The highest BCUT2D eigenvalue weighted by atomic mass is 35.5. The molecule has 0 aliphatic heterocycles. The highest BCUT2D eigenvalue weighted by molar-refractivity contribution is 6.31. The van der Waals surface area contributed by atoms with Crippen LogP contribution in [0.4, 0.5) is 23.2 Å². The van der Waals surface area contributed by atoms with E-state index >= 15 is 0 Å². The molecule has 0 aliphatic carbocycles. The van der Waals surface area contributed by atoms with E-state index in [4.69, 9.17) is 11.6 Å². The van der Waals surface area contributed by atoms with Crippen molar-refractivity contribution >= 4 is 23.2 Å². The molecule has 0 atom stereocenters. The van der Waals surface area contributed by atoms with E-state index in [1.54, 1.807) is 6.92 Å². The zero-order valence-electron chi connectivity index (χ0n) is 14.9.